The van der Waals surface area contributed by atoms with Crippen molar-refractivity contribution in [3.05, 3.63) is 0 Å². The molecule has 104 valence electrons. The third-order valence-electron chi connectivity index (χ3n) is 3.00. The zero-order valence-electron chi connectivity index (χ0n) is 12.1. The van der Waals surface area contributed by atoms with E-state index in [2.05, 4.69) is 37.9 Å². The van der Waals surface area contributed by atoms with Gasteiger partial charge in [0.1, 0.15) is 0 Å². The molecular weight excluding hydrogens is 216 g/mol. The molecule has 0 amide bonds. The van der Waals surface area contributed by atoms with Crippen LogP contribution in [0.4, 0.5) is 0 Å². The third-order valence-corrected chi connectivity index (χ3v) is 3.00. The molecule has 4 nitrogen and oxygen atoms in total. The number of aliphatic hydroxyl groups excluding tert-OH is 1. The standard InChI is InChI=1S/C13H30N2O2/c1-6-12(4)15(7-8-17-5)10-13(16)9-14-11(2)3/h11-14,16H,6-10H2,1-5H3. The third kappa shape index (κ3) is 8.55. The summed E-state index contributed by atoms with van der Waals surface area (Å²) in [6, 6.07) is 0.902. The Hall–Kier alpha value is -0.160. The molecule has 0 aliphatic carbocycles. The summed E-state index contributed by atoms with van der Waals surface area (Å²) in [5.41, 5.74) is 0. The summed E-state index contributed by atoms with van der Waals surface area (Å²) >= 11 is 0. The molecule has 2 atom stereocenters. The van der Waals surface area contributed by atoms with E-state index in [1.807, 2.05) is 0 Å². The fraction of sp³-hybridized carbons (Fsp3) is 1.00. The molecule has 0 aromatic rings. The minimum absolute atomic E-state index is 0.316. The van der Waals surface area contributed by atoms with Crippen LogP contribution in [0, 0.1) is 0 Å². The molecule has 2 N–H and O–H groups in total. The predicted molar refractivity (Wildman–Crippen MR) is 72.3 cm³/mol. The summed E-state index contributed by atoms with van der Waals surface area (Å²) in [4.78, 5) is 2.29. The first-order chi connectivity index (χ1) is 8.01. The number of rotatable bonds is 10. The van der Waals surface area contributed by atoms with Gasteiger partial charge in [-0.15, -0.1) is 0 Å². The molecule has 0 fully saturated rings. The van der Waals surface area contributed by atoms with Crippen LogP contribution in [0.3, 0.4) is 0 Å². The Morgan fingerprint density at radius 1 is 1.29 bits per heavy atom. The van der Waals surface area contributed by atoms with E-state index in [1.54, 1.807) is 7.11 Å². The molecule has 0 aromatic carbocycles. The lowest BCUT2D eigenvalue weighted by atomic mass is 10.2. The van der Waals surface area contributed by atoms with Crippen molar-refractivity contribution >= 4 is 0 Å². The van der Waals surface area contributed by atoms with Gasteiger partial charge in [0.25, 0.3) is 0 Å². The van der Waals surface area contributed by atoms with E-state index in [0.717, 1.165) is 13.0 Å². The van der Waals surface area contributed by atoms with Crippen molar-refractivity contribution in [3.8, 4) is 0 Å². The number of hydrogen-bond acceptors (Lipinski definition) is 4. The molecule has 0 saturated heterocycles. The van der Waals surface area contributed by atoms with Gasteiger partial charge in [0.05, 0.1) is 12.7 Å². The normalized spacial score (nSPS) is 15.5. The van der Waals surface area contributed by atoms with Crippen molar-refractivity contribution in [1.29, 1.82) is 0 Å². The first-order valence-electron chi connectivity index (χ1n) is 6.65. The van der Waals surface area contributed by atoms with Gasteiger partial charge in [0.15, 0.2) is 0 Å². The molecule has 0 aromatic heterocycles. The molecule has 0 spiro atoms. The van der Waals surface area contributed by atoms with E-state index in [1.165, 1.54) is 0 Å². The lowest BCUT2D eigenvalue weighted by molar-refractivity contribution is 0.0660. The number of ether oxygens (including phenoxy) is 1. The van der Waals surface area contributed by atoms with E-state index >= 15 is 0 Å². The van der Waals surface area contributed by atoms with E-state index in [-0.39, 0.29) is 6.10 Å². The van der Waals surface area contributed by atoms with Crippen molar-refractivity contribution in [2.45, 2.75) is 52.3 Å². The molecule has 17 heavy (non-hydrogen) atoms. The Kier molecular flexibility index (Phi) is 9.74. The maximum absolute atomic E-state index is 9.97. The summed E-state index contributed by atoms with van der Waals surface area (Å²) in [6.45, 7) is 11.5. The average Bonchev–Trinajstić information content (AvgIpc) is 2.30. The molecule has 0 saturated carbocycles. The Bertz CT molecular complexity index is 177. The van der Waals surface area contributed by atoms with Crippen molar-refractivity contribution in [3.63, 3.8) is 0 Å². The van der Waals surface area contributed by atoms with Crippen molar-refractivity contribution in [2.24, 2.45) is 0 Å². The van der Waals surface area contributed by atoms with Crippen LogP contribution in [0.25, 0.3) is 0 Å². The van der Waals surface area contributed by atoms with Crippen LogP contribution in [0.1, 0.15) is 34.1 Å². The second-order valence-corrected chi connectivity index (χ2v) is 4.96. The first-order valence-corrected chi connectivity index (χ1v) is 6.65. The zero-order chi connectivity index (χ0) is 13.3. The summed E-state index contributed by atoms with van der Waals surface area (Å²) < 4.78 is 5.11. The number of nitrogens with one attached hydrogen (secondary N) is 1. The Balaban J connectivity index is 4.03. The van der Waals surface area contributed by atoms with Crippen LogP contribution in [0.5, 0.6) is 0 Å². The van der Waals surface area contributed by atoms with Gasteiger partial charge >= 0.3 is 0 Å². The minimum Gasteiger partial charge on any atom is -0.390 e. The summed E-state index contributed by atoms with van der Waals surface area (Å²) in [5.74, 6) is 0. The highest BCUT2D eigenvalue weighted by Gasteiger charge is 2.16. The van der Waals surface area contributed by atoms with Gasteiger partial charge in [-0.1, -0.05) is 20.8 Å². The van der Waals surface area contributed by atoms with Crippen LogP contribution in [-0.4, -0.2) is 61.5 Å². The Morgan fingerprint density at radius 2 is 1.94 bits per heavy atom. The van der Waals surface area contributed by atoms with Crippen LogP contribution >= 0.6 is 0 Å². The maximum atomic E-state index is 9.97. The zero-order valence-corrected chi connectivity index (χ0v) is 12.1. The largest absolute Gasteiger partial charge is 0.390 e. The molecule has 0 heterocycles. The van der Waals surface area contributed by atoms with Gasteiger partial charge in [-0.05, 0) is 13.3 Å². The van der Waals surface area contributed by atoms with Crippen LogP contribution in [0.15, 0.2) is 0 Å². The van der Waals surface area contributed by atoms with E-state index < -0.39 is 0 Å². The SMILES string of the molecule is CCC(C)N(CCOC)CC(O)CNC(C)C. The van der Waals surface area contributed by atoms with Crippen LogP contribution in [-0.2, 0) is 4.74 Å². The number of nitrogens with zero attached hydrogens (tertiary/aromatic N) is 1. The van der Waals surface area contributed by atoms with E-state index in [0.29, 0.717) is 31.8 Å². The van der Waals surface area contributed by atoms with Gasteiger partial charge in [0.2, 0.25) is 0 Å². The first kappa shape index (κ1) is 16.8. The van der Waals surface area contributed by atoms with Crippen LogP contribution in [0.2, 0.25) is 0 Å². The highest BCUT2D eigenvalue weighted by atomic mass is 16.5. The Labute approximate surface area is 106 Å². The lowest BCUT2D eigenvalue weighted by Crippen LogP contribution is -2.44. The van der Waals surface area contributed by atoms with E-state index in [4.69, 9.17) is 4.74 Å². The fourth-order valence-electron chi connectivity index (χ4n) is 1.67. The minimum atomic E-state index is -0.316. The predicted octanol–water partition coefficient (Wildman–Crippen LogP) is 1.09. The average molecular weight is 246 g/mol. The van der Waals surface area contributed by atoms with Gasteiger partial charge < -0.3 is 15.2 Å². The molecular formula is C13H30N2O2. The quantitative estimate of drug-likeness (QED) is 0.606. The monoisotopic (exact) mass is 246 g/mol. The highest BCUT2D eigenvalue weighted by molar-refractivity contribution is 4.72. The van der Waals surface area contributed by atoms with Crippen molar-refractivity contribution < 1.29 is 9.84 Å². The van der Waals surface area contributed by atoms with Crippen molar-refractivity contribution in [1.82, 2.24) is 10.2 Å². The topological polar surface area (TPSA) is 44.7 Å². The molecule has 0 rings (SSSR count). The van der Waals surface area contributed by atoms with Crippen molar-refractivity contribution in [2.75, 3.05) is 33.4 Å². The van der Waals surface area contributed by atoms with Crippen LogP contribution < -0.4 is 5.32 Å². The lowest BCUT2D eigenvalue weighted by Gasteiger charge is -2.30. The molecule has 0 bridgehead atoms. The Morgan fingerprint density at radius 3 is 2.41 bits per heavy atom. The van der Waals surface area contributed by atoms with Gasteiger partial charge in [-0.25, -0.2) is 0 Å². The smallest absolute Gasteiger partial charge is 0.0791 e. The second-order valence-electron chi connectivity index (χ2n) is 4.96. The number of methoxy groups -OCH3 is 1. The second kappa shape index (κ2) is 9.83. The maximum Gasteiger partial charge on any atom is 0.0791 e. The molecule has 4 heteroatoms. The molecule has 0 aliphatic rings. The molecule has 2 unspecified atom stereocenters. The summed E-state index contributed by atoms with van der Waals surface area (Å²) in [6.07, 6.45) is 0.775. The van der Waals surface area contributed by atoms with Gasteiger partial charge in [-0.2, -0.15) is 0 Å². The van der Waals surface area contributed by atoms with Gasteiger partial charge in [-0.3, -0.25) is 4.90 Å². The molecule has 0 aliphatic heterocycles. The van der Waals surface area contributed by atoms with Gasteiger partial charge in [0, 0.05) is 38.8 Å². The number of hydrogen-bond donors (Lipinski definition) is 2. The number of aliphatic hydroxyl groups is 1. The highest BCUT2D eigenvalue weighted by Crippen LogP contribution is 2.04. The summed E-state index contributed by atoms with van der Waals surface area (Å²) in [5, 5.41) is 13.2. The summed E-state index contributed by atoms with van der Waals surface area (Å²) in [7, 11) is 1.71. The molecule has 0 radical (unpaired) electrons. The van der Waals surface area contributed by atoms with E-state index in [9.17, 15) is 5.11 Å². The fourth-order valence-corrected chi connectivity index (χ4v) is 1.67.